The number of carbonyl (C=O) groups is 3. The van der Waals surface area contributed by atoms with E-state index in [1.807, 2.05) is 58.0 Å². The number of para-hydroxylation sites is 1. The van der Waals surface area contributed by atoms with E-state index in [2.05, 4.69) is 15.6 Å². The molecule has 3 aromatic carbocycles. The minimum absolute atomic E-state index is 0.165. The van der Waals surface area contributed by atoms with Crippen molar-refractivity contribution in [3.8, 4) is 5.75 Å². The quantitative estimate of drug-likeness (QED) is 0.117. The SMILES string of the molecule is CCC1CN(Cc2cc(C(c3ccc4c(nnn4CC)c3C)C(C)(C)C(=O)NC(CC(=O)O)C(=O)O)ccc2C)S(O)(O)c2ccccc2O1. The van der Waals surface area contributed by atoms with Crippen LogP contribution in [0.4, 0.5) is 0 Å². The van der Waals surface area contributed by atoms with E-state index in [4.69, 9.17) is 4.74 Å². The van der Waals surface area contributed by atoms with Gasteiger partial charge < -0.3 is 20.3 Å². The van der Waals surface area contributed by atoms with Gasteiger partial charge >= 0.3 is 11.9 Å². The van der Waals surface area contributed by atoms with Crippen LogP contribution in [0.5, 0.6) is 5.75 Å². The zero-order valence-corrected chi connectivity index (χ0v) is 29.9. The Kier molecular flexibility index (Phi) is 10.6. The van der Waals surface area contributed by atoms with Gasteiger partial charge in [0.2, 0.25) is 5.91 Å². The summed E-state index contributed by atoms with van der Waals surface area (Å²) >= 11 is 0. The molecule has 4 aromatic rings. The molecule has 0 bridgehead atoms. The van der Waals surface area contributed by atoms with Gasteiger partial charge in [0.05, 0.1) is 23.9 Å². The molecule has 50 heavy (non-hydrogen) atoms. The highest BCUT2D eigenvalue weighted by molar-refractivity contribution is 8.22. The van der Waals surface area contributed by atoms with Crippen molar-refractivity contribution in [3.63, 3.8) is 0 Å². The van der Waals surface area contributed by atoms with Gasteiger partial charge in [0.25, 0.3) is 0 Å². The minimum Gasteiger partial charge on any atom is -0.487 e. The molecule has 1 amide bonds. The lowest BCUT2D eigenvalue weighted by molar-refractivity contribution is -0.148. The van der Waals surface area contributed by atoms with E-state index in [1.54, 1.807) is 47.1 Å². The van der Waals surface area contributed by atoms with Crippen molar-refractivity contribution in [1.29, 1.82) is 0 Å². The predicted octanol–water partition coefficient (Wildman–Crippen LogP) is 5.97. The van der Waals surface area contributed by atoms with Gasteiger partial charge in [0, 0.05) is 19.0 Å². The monoisotopic (exact) mass is 707 g/mol. The van der Waals surface area contributed by atoms with Crippen LogP contribution in [0.25, 0.3) is 11.0 Å². The summed E-state index contributed by atoms with van der Waals surface area (Å²) in [5.41, 5.74) is 4.12. The van der Waals surface area contributed by atoms with Crippen LogP contribution in [0.2, 0.25) is 0 Å². The smallest absolute Gasteiger partial charge is 0.326 e. The third-order valence-corrected chi connectivity index (χ3v) is 11.5. The molecule has 0 saturated carbocycles. The summed E-state index contributed by atoms with van der Waals surface area (Å²) in [6, 6.07) is 14.9. The lowest BCUT2D eigenvalue weighted by Gasteiger charge is -2.42. The number of ether oxygens (including phenoxy) is 1. The number of fused-ring (bicyclic) bond motifs is 2. The standard InChI is InChI=1S/C36H45N5O8S/c1-7-25-20-40(50(47,48)30-12-10-9-11-29(30)49-25)19-24-17-23(14-13-21(24)3)32(26-15-16-28-33(22(26)4)38-39-41(28)8-2)36(5,6)35(46)37-27(34(44)45)18-31(42)43/h9-17,25,27,32,47-48H,7-8,18-20H2,1-6H3,(H,37,46)(H,42,43)(H,44,45). The summed E-state index contributed by atoms with van der Waals surface area (Å²) < 4.78 is 32.9. The first-order valence-corrected chi connectivity index (χ1v) is 18.1. The third-order valence-electron chi connectivity index (χ3n) is 9.60. The van der Waals surface area contributed by atoms with Crippen molar-refractivity contribution in [3.05, 3.63) is 82.4 Å². The first-order valence-electron chi connectivity index (χ1n) is 16.6. The molecule has 268 valence electrons. The van der Waals surface area contributed by atoms with Crippen LogP contribution in [0.1, 0.15) is 74.3 Å². The molecule has 13 nitrogen and oxygen atoms in total. The van der Waals surface area contributed by atoms with Crippen LogP contribution < -0.4 is 10.1 Å². The number of hydrogen-bond donors (Lipinski definition) is 5. The number of aromatic nitrogens is 3. The number of nitrogens with one attached hydrogen (secondary N) is 1. The molecular weight excluding hydrogens is 662 g/mol. The van der Waals surface area contributed by atoms with E-state index in [0.717, 1.165) is 33.3 Å². The van der Waals surface area contributed by atoms with Gasteiger partial charge in [-0.3, -0.25) is 18.7 Å². The number of carboxylic acid groups (broad SMARTS) is 2. The Morgan fingerprint density at radius 2 is 1.78 bits per heavy atom. The predicted molar refractivity (Wildman–Crippen MR) is 189 cm³/mol. The van der Waals surface area contributed by atoms with E-state index in [0.29, 0.717) is 29.1 Å². The fourth-order valence-corrected chi connectivity index (χ4v) is 8.24. The molecule has 14 heteroatoms. The topological polar surface area (TPSA) is 187 Å². The number of amides is 1. The molecule has 1 aromatic heterocycles. The van der Waals surface area contributed by atoms with Gasteiger partial charge in [-0.2, -0.15) is 4.31 Å². The summed E-state index contributed by atoms with van der Waals surface area (Å²) in [4.78, 5) is 37.8. The first kappa shape index (κ1) is 36.8. The Morgan fingerprint density at radius 1 is 1.06 bits per heavy atom. The molecule has 3 unspecified atom stereocenters. The van der Waals surface area contributed by atoms with Crippen molar-refractivity contribution in [2.75, 3.05) is 6.54 Å². The molecule has 0 aliphatic carbocycles. The molecule has 0 spiro atoms. The largest absolute Gasteiger partial charge is 0.487 e. The average Bonchev–Trinajstić information content (AvgIpc) is 3.45. The molecule has 1 aliphatic heterocycles. The molecule has 1 aliphatic rings. The fourth-order valence-electron chi connectivity index (χ4n) is 6.62. The van der Waals surface area contributed by atoms with E-state index in [9.17, 15) is 33.7 Å². The molecular formula is C36H45N5O8S. The summed E-state index contributed by atoms with van der Waals surface area (Å²) in [5.74, 6) is -3.68. The van der Waals surface area contributed by atoms with Crippen molar-refractivity contribution < 1.29 is 38.4 Å². The third kappa shape index (κ3) is 7.06. The number of nitrogens with zero attached hydrogens (tertiary/aromatic N) is 4. The number of hydrogen-bond acceptors (Lipinski definition) is 9. The fraction of sp³-hybridized carbons (Fsp3) is 0.417. The zero-order chi connectivity index (χ0) is 36.5. The summed E-state index contributed by atoms with van der Waals surface area (Å²) in [6.07, 6.45) is -0.424. The van der Waals surface area contributed by atoms with Gasteiger partial charge in [-0.25, -0.2) is 9.48 Å². The molecule has 2 heterocycles. The summed E-state index contributed by atoms with van der Waals surface area (Å²) in [6.45, 7) is 12.2. The van der Waals surface area contributed by atoms with E-state index in [1.165, 1.54) is 0 Å². The molecule has 5 N–H and O–H groups in total. The highest BCUT2D eigenvalue weighted by Gasteiger charge is 2.42. The molecule has 0 saturated heterocycles. The Bertz CT molecular complexity index is 1930. The Hall–Kier alpha value is -4.50. The highest BCUT2D eigenvalue weighted by Crippen LogP contribution is 2.57. The van der Waals surface area contributed by atoms with Crippen LogP contribution in [0.15, 0.2) is 59.5 Å². The second-order valence-electron chi connectivity index (χ2n) is 13.3. The van der Waals surface area contributed by atoms with Crippen LogP contribution >= 0.6 is 10.8 Å². The number of aliphatic carboxylic acids is 2. The van der Waals surface area contributed by atoms with E-state index >= 15 is 0 Å². The van der Waals surface area contributed by atoms with Gasteiger partial charge in [-0.15, -0.1) is 15.9 Å². The number of benzene rings is 3. The summed E-state index contributed by atoms with van der Waals surface area (Å²) in [5, 5.41) is 30.2. The Labute approximate surface area is 292 Å². The summed E-state index contributed by atoms with van der Waals surface area (Å²) in [7, 11) is -3.44. The maximum atomic E-state index is 14.1. The van der Waals surface area contributed by atoms with E-state index < -0.39 is 52.4 Å². The van der Waals surface area contributed by atoms with Crippen molar-refractivity contribution in [2.45, 2.75) is 90.4 Å². The van der Waals surface area contributed by atoms with Crippen molar-refractivity contribution in [2.24, 2.45) is 5.41 Å². The van der Waals surface area contributed by atoms with Crippen LogP contribution in [0, 0.1) is 19.3 Å². The molecule has 0 fully saturated rings. The Balaban J connectivity index is 1.63. The van der Waals surface area contributed by atoms with Crippen molar-refractivity contribution in [1.82, 2.24) is 24.6 Å². The Morgan fingerprint density at radius 3 is 2.44 bits per heavy atom. The maximum Gasteiger partial charge on any atom is 0.326 e. The second-order valence-corrected chi connectivity index (χ2v) is 15.3. The highest BCUT2D eigenvalue weighted by atomic mass is 32.3. The van der Waals surface area contributed by atoms with Crippen LogP contribution in [0.3, 0.4) is 0 Å². The van der Waals surface area contributed by atoms with E-state index in [-0.39, 0.29) is 19.2 Å². The minimum atomic E-state index is -3.44. The normalized spacial score (nSPS) is 18.0. The number of carboxylic acids is 2. The van der Waals surface area contributed by atoms with Gasteiger partial charge in [-0.05, 0) is 73.2 Å². The molecule has 0 radical (unpaired) electrons. The van der Waals surface area contributed by atoms with Gasteiger partial charge in [-0.1, -0.05) is 62.4 Å². The van der Waals surface area contributed by atoms with Crippen LogP contribution in [-0.4, -0.2) is 75.2 Å². The zero-order valence-electron chi connectivity index (χ0n) is 29.1. The lowest BCUT2D eigenvalue weighted by Crippen LogP contribution is -2.49. The number of carbonyl (C=O) groups excluding carboxylic acids is 1. The van der Waals surface area contributed by atoms with Crippen LogP contribution in [-0.2, 0) is 27.5 Å². The number of aryl methyl sites for hydroxylation is 3. The average molecular weight is 708 g/mol. The number of rotatable bonds is 12. The first-order chi connectivity index (χ1) is 23.6. The van der Waals surface area contributed by atoms with Crippen molar-refractivity contribution >= 4 is 39.7 Å². The van der Waals surface area contributed by atoms with Gasteiger partial charge in [0.15, 0.2) is 0 Å². The molecule has 3 atom stereocenters. The maximum absolute atomic E-state index is 14.1. The second kappa shape index (κ2) is 14.4. The lowest BCUT2D eigenvalue weighted by atomic mass is 9.69. The molecule has 5 rings (SSSR count). The van der Waals surface area contributed by atoms with Gasteiger partial charge in [0.1, 0.15) is 28.3 Å².